The maximum Gasteiger partial charge on any atom is 0.0705 e. The molecule has 1 aromatic carbocycles. The topological polar surface area (TPSA) is 16.1 Å². The van der Waals surface area contributed by atoms with Gasteiger partial charge in [-0.3, -0.25) is 9.88 Å². The number of benzene rings is 1. The number of aromatic nitrogens is 1. The summed E-state index contributed by atoms with van der Waals surface area (Å²) in [6.07, 6.45) is 0. The van der Waals surface area contributed by atoms with Gasteiger partial charge in [0, 0.05) is 22.8 Å². The number of rotatable bonds is 4. The number of nitrogens with zero attached hydrogens (tertiary/aromatic N) is 2. The largest absolute Gasteiger partial charge is 0.295 e. The van der Waals surface area contributed by atoms with E-state index < -0.39 is 0 Å². The molecule has 0 radical (unpaired) electrons. The van der Waals surface area contributed by atoms with E-state index in [-0.39, 0.29) is 5.54 Å². The average Bonchev–Trinajstić information content (AvgIpc) is 2.38. The van der Waals surface area contributed by atoms with Crippen LogP contribution in [0.25, 0.3) is 10.9 Å². The van der Waals surface area contributed by atoms with Crippen molar-refractivity contribution in [3.63, 3.8) is 0 Å². The predicted molar refractivity (Wildman–Crippen MR) is 81.1 cm³/mol. The Morgan fingerprint density at radius 2 is 1.89 bits per heavy atom. The van der Waals surface area contributed by atoms with E-state index in [0.717, 1.165) is 23.1 Å². The molecular weight excluding hydrogens is 288 g/mol. The molecule has 0 aliphatic rings. The molecule has 2 nitrogen and oxygen atoms in total. The Balaban J connectivity index is 2.22. The van der Waals surface area contributed by atoms with Crippen molar-refractivity contribution in [1.82, 2.24) is 9.88 Å². The van der Waals surface area contributed by atoms with Gasteiger partial charge in [-0.2, -0.15) is 0 Å². The number of pyridine rings is 1. The first-order chi connectivity index (χ1) is 8.53. The molecule has 0 spiro atoms. The van der Waals surface area contributed by atoms with E-state index in [2.05, 4.69) is 66.0 Å². The third-order valence-corrected chi connectivity index (χ3v) is 4.79. The Labute approximate surface area is 117 Å². The van der Waals surface area contributed by atoms with Crippen LogP contribution in [0.5, 0.6) is 0 Å². The van der Waals surface area contributed by atoms with Crippen molar-refractivity contribution in [2.45, 2.75) is 25.9 Å². The fraction of sp³-hybridized carbons (Fsp3) is 0.400. The highest BCUT2D eigenvalue weighted by atomic mass is 79.9. The smallest absolute Gasteiger partial charge is 0.0705 e. The van der Waals surface area contributed by atoms with Crippen LogP contribution < -0.4 is 0 Å². The predicted octanol–water partition coefficient (Wildman–Crippen LogP) is 3.84. The Kier molecular flexibility index (Phi) is 4.03. The Hall–Kier alpha value is -0.930. The molecule has 1 aromatic heterocycles. The molecule has 18 heavy (non-hydrogen) atoms. The van der Waals surface area contributed by atoms with E-state index in [0.29, 0.717) is 0 Å². The highest BCUT2D eigenvalue weighted by molar-refractivity contribution is 9.09. The minimum atomic E-state index is 0.132. The molecule has 0 atom stereocenters. The van der Waals surface area contributed by atoms with Gasteiger partial charge in [0.15, 0.2) is 0 Å². The summed E-state index contributed by atoms with van der Waals surface area (Å²) in [5.74, 6) is 0. The highest BCUT2D eigenvalue weighted by Gasteiger charge is 2.22. The first-order valence-corrected chi connectivity index (χ1v) is 7.27. The van der Waals surface area contributed by atoms with Gasteiger partial charge in [0.25, 0.3) is 0 Å². The zero-order valence-corrected chi connectivity index (χ0v) is 12.7. The summed E-state index contributed by atoms with van der Waals surface area (Å²) >= 11 is 3.56. The van der Waals surface area contributed by atoms with Crippen LogP contribution >= 0.6 is 15.9 Å². The number of hydrogen-bond acceptors (Lipinski definition) is 2. The number of halogens is 1. The fourth-order valence-electron chi connectivity index (χ4n) is 1.76. The highest BCUT2D eigenvalue weighted by Crippen LogP contribution is 2.19. The van der Waals surface area contributed by atoms with Crippen molar-refractivity contribution in [2.75, 3.05) is 12.4 Å². The fourth-order valence-corrected chi connectivity index (χ4v) is 2.18. The van der Waals surface area contributed by atoms with Crippen LogP contribution in [0.3, 0.4) is 0 Å². The van der Waals surface area contributed by atoms with Gasteiger partial charge in [-0.25, -0.2) is 0 Å². The van der Waals surface area contributed by atoms with E-state index >= 15 is 0 Å². The minimum Gasteiger partial charge on any atom is -0.295 e. The summed E-state index contributed by atoms with van der Waals surface area (Å²) in [5.41, 5.74) is 2.32. The molecule has 0 fully saturated rings. The number of alkyl halides is 1. The minimum absolute atomic E-state index is 0.132. The van der Waals surface area contributed by atoms with Crippen molar-refractivity contribution < 1.29 is 0 Å². The monoisotopic (exact) mass is 306 g/mol. The summed E-state index contributed by atoms with van der Waals surface area (Å²) in [6, 6.07) is 12.5. The van der Waals surface area contributed by atoms with Crippen LogP contribution in [-0.2, 0) is 6.54 Å². The van der Waals surface area contributed by atoms with E-state index in [4.69, 9.17) is 4.98 Å². The van der Waals surface area contributed by atoms with Gasteiger partial charge in [0.05, 0.1) is 11.2 Å². The molecule has 0 aliphatic heterocycles. The molecule has 0 aliphatic carbocycles. The van der Waals surface area contributed by atoms with Crippen molar-refractivity contribution >= 4 is 26.8 Å². The molecule has 0 bridgehead atoms. The zero-order chi connectivity index (χ0) is 13.2. The van der Waals surface area contributed by atoms with Crippen LogP contribution in [0.15, 0.2) is 36.4 Å². The molecule has 0 unspecified atom stereocenters. The lowest BCUT2D eigenvalue weighted by Gasteiger charge is -2.33. The Morgan fingerprint density at radius 3 is 2.61 bits per heavy atom. The number of para-hydroxylation sites is 1. The summed E-state index contributed by atoms with van der Waals surface area (Å²) in [7, 11) is 2.14. The molecule has 2 aromatic rings. The van der Waals surface area contributed by atoms with Gasteiger partial charge in [0.2, 0.25) is 0 Å². The summed E-state index contributed by atoms with van der Waals surface area (Å²) in [6.45, 7) is 5.31. The molecule has 0 saturated heterocycles. The van der Waals surface area contributed by atoms with Gasteiger partial charge < -0.3 is 0 Å². The first kappa shape index (κ1) is 13.5. The molecule has 2 rings (SSSR count). The van der Waals surface area contributed by atoms with Gasteiger partial charge in [-0.1, -0.05) is 40.2 Å². The van der Waals surface area contributed by atoms with Crippen LogP contribution in [-0.4, -0.2) is 27.8 Å². The Morgan fingerprint density at radius 1 is 1.17 bits per heavy atom. The van der Waals surface area contributed by atoms with Crippen molar-refractivity contribution in [2.24, 2.45) is 0 Å². The number of hydrogen-bond donors (Lipinski definition) is 0. The summed E-state index contributed by atoms with van der Waals surface area (Å²) < 4.78 is 0. The number of fused-ring (bicyclic) bond motifs is 1. The molecular formula is C15H19BrN2. The molecule has 3 heteroatoms. The van der Waals surface area contributed by atoms with Crippen LogP contribution in [0.1, 0.15) is 19.5 Å². The SMILES string of the molecule is CN(Cc1ccc2ccccc2n1)C(C)(C)CBr. The Bertz CT molecular complexity index is 537. The maximum absolute atomic E-state index is 4.71. The van der Waals surface area contributed by atoms with E-state index in [1.54, 1.807) is 0 Å². The normalized spacial score (nSPS) is 12.3. The second kappa shape index (κ2) is 5.37. The molecule has 1 heterocycles. The van der Waals surface area contributed by atoms with Gasteiger partial charge >= 0.3 is 0 Å². The third kappa shape index (κ3) is 2.90. The van der Waals surface area contributed by atoms with E-state index in [1.165, 1.54) is 5.39 Å². The third-order valence-electron chi connectivity index (χ3n) is 3.42. The van der Waals surface area contributed by atoms with Crippen molar-refractivity contribution in [3.8, 4) is 0 Å². The second-order valence-corrected chi connectivity index (χ2v) is 5.86. The molecule has 0 amide bonds. The average molecular weight is 307 g/mol. The summed E-state index contributed by atoms with van der Waals surface area (Å²) in [5, 5.41) is 2.15. The lowest BCUT2D eigenvalue weighted by molar-refractivity contribution is 0.171. The first-order valence-electron chi connectivity index (χ1n) is 6.15. The molecule has 0 N–H and O–H groups in total. The summed E-state index contributed by atoms with van der Waals surface area (Å²) in [4.78, 5) is 7.02. The van der Waals surface area contributed by atoms with Gasteiger partial charge in [-0.05, 0) is 33.0 Å². The quantitative estimate of drug-likeness (QED) is 0.798. The van der Waals surface area contributed by atoms with E-state index in [9.17, 15) is 0 Å². The standard InChI is InChI=1S/C15H19BrN2/c1-15(2,11-16)18(3)10-13-9-8-12-6-4-5-7-14(12)17-13/h4-9H,10-11H2,1-3H3. The van der Waals surface area contributed by atoms with Crippen molar-refractivity contribution in [1.29, 1.82) is 0 Å². The second-order valence-electron chi connectivity index (χ2n) is 5.30. The van der Waals surface area contributed by atoms with Crippen molar-refractivity contribution in [3.05, 3.63) is 42.1 Å². The van der Waals surface area contributed by atoms with Gasteiger partial charge in [-0.15, -0.1) is 0 Å². The van der Waals surface area contributed by atoms with Crippen LogP contribution in [0.4, 0.5) is 0 Å². The molecule has 0 saturated carbocycles. The molecule has 96 valence electrons. The van der Waals surface area contributed by atoms with Gasteiger partial charge in [0.1, 0.15) is 0 Å². The lowest BCUT2D eigenvalue weighted by Crippen LogP contribution is -2.42. The van der Waals surface area contributed by atoms with Crippen LogP contribution in [0, 0.1) is 0 Å². The maximum atomic E-state index is 4.71. The zero-order valence-electron chi connectivity index (χ0n) is 11.2. The lowest BCUT2D eigenvalue weighted by atomic mass is 10.1. The van der Waals surface area contributed by atoms with E-state index in [1.807, 2.05) is 12.1 Å². The van der Waals surface area contributed by atoms with Crippen LogP contribution in [0.2, 0.25) is 0 Å².